The number of benzene rings is 1. The number of anilines is 1. The number of ether oxygens (including phenoxy) is 1. The van der Waals surface area contributed by atoms with Crippen molar-refractivity contribution >= 4 is 16.6 Å². The molecule has 2 N–H and O–H groups in total. The molecule has 136 valence electrons. The first-order valence-electron chi connectivity index (χ1n) is 8.92. The summed E-state index contributed by atoms with van der Waals surface area (Å²) in [5.74, 6) is 1.05. The van der Waals surface area contributed by atoms with Gasteiger partial charge < -0.3 is 15.2 Å². The molecule has 0 spiro atoms. The fourth-order valence-corrected chi connectivity index (χ4v) is 3.30. The maximum atomic E-state index is 9.79. The molecule has 1 aliphatic rings. The second kappa shape index (κ2) is 7.22. The standard InChI is InChI=1S/C21H20N4O2/c1-27-19-5-2-13(9-23-19)10-24-20-16(12-26)11-25-21-17(15-3-4-15)6-14(8-22)7-18(20)21/h2,5-7,9,11,15,26H,3-4,10,12H2,1H3,(H,24,25). The average molecular weight is 360 g/mol. The Morgan fingerprint density at radius 1 is 1.26 bits per heavy atom. The lowest BCUT2D eigenvalue weighted by Gasteiger charge is -2.16. The van der Waals surface area contributed by atoms with E-state index in [4.69, 9.17) is 4.74 Å². The zero-order valence-electron chi connectivity index (χ0n) is 15.1. The van der Waals surface area contributed by atoms with E-state index < -0.39 is 0 Å². The summed E-state index contributed by atoms with van der Waals surface area (Å²) in [7, 11) is 1.58. The van der Waals surface area contributed by atoms with E-state index >= 15 is 0 Å². The Morgan fingerprint density at radius 3 is 2.74 bits per heavy atom. The van der Waals surface area contributed by atoms with Crippen molar-refractivity contribution in [1.29, 1.82) is 5.26 Å². The molecule has 0 amide bonds. The number of nitrogens with one attached hydrogen (secondary N) is 1. The Balaban J connectivity index is 1.75. The number of aromatic nitrogens is 2. The summed E-state index contributed by atoms with van der Waals surface area (Å²) in [4.78, 5) is 8.81. The topological polar surface area (TPSA) is 91.1 Å². The van der Waals surface area contributed by atoms with Gasteiger partial charge in [0.25, 0.3) is 0 Å². The van der Waals surface area contributed by atoms with Crippen LogP contribution in [0.3, 0.4) is 0 Å². The van der Waals surface area contributed by atoms with Crippen LogP contribution in [0.2, 0.25) is 0 Å². The van der Waals surface area contributed by atoms with Gasteiger partial charge >= 0.3 is 0 Å². The molecule has 0 saturated heterocycles. The first-order valence-corrected chi connectivity index (χ1v) is 8.92. The lowest BCUT2D eigenvalue weighted by molar-refractivity contribution is 0.282. The van der Waals surface area contributed by atoms with Gasteiger partial charge in [-0.05, 0) is 42.0 Å². The monoisotopic (exact) mass is 360 g/mol. The van der Waals surface area contributed by atoms with Gasteiger partial charge in [0.05, 0.1) is 36.6 Å². The van der Waals surface area contributed by atoms with Crippen molar-refractivity contribution in [2.75, 3.05) is 12.4 Å². The molecule has 27 heavy (non-hydrogen) atoms. The summed E-state index contributed by atoms with van der Waals surface area (Å²) in [5, 5.41) is 23.5. The molecule has 1 saturated carbocycles. The smallest absolute Gasteiger partial charge is 0.212 e. The van der Waals surface area contributed by atoms with E-state index in [0.29, 0.717) is 29.5 Å². The van der Waals surface area contributed by atoms with Gasteiger partial charge in [-0.15, -0.1) is 0 Å². The third-order valence-electron chi connectivity index (χ3n) is 4.87. The molecule has 1 fully saturated rings. The van der Waals surface area contributed by atoms with Crippen LogP contribution in [-0.4, -0.2) is 22.2 Å². The third-order valence-corrected chi connectivity index (χ3v) is 4.87. The maximum absolute atomic E-state index is 9.79. The maximum Gasteiger partial charge on any atom is 0.212 e. The minimum atomic E-state index is -0.123. The van der Waals surface area contributed by atoms with Crippen molar-refractivity contribution in [3.05, 3.63) is 58.9 Å². The largest absolute Gasteiger partial charge is 0.481 e. The van der Waals surface area contributed by atoms with Gasteiger partial charge in [0.15, 0.2) is 0 Å². The van der Waals surface area contributed by atoms with Gasteiger partial charge in [-0.25, -0.2) is 4.98 Å². The van der Waals surface area contributed by atoms with Crippen molar-refractivity contribution < 1.29 is 9.84 Å². The van der Waals surface area contributed by atoms with Gasteiger partial charge in [-0.2, -0.15) is 5.26 Å². The number of aliphatic hydroxyl groups excluding tert-OH is 1. The number of aliphatic hydroxyl groups is 1. The first kappa shape index (κ1) is 17.3. The van der Waals surface area contributed by atoms with Crippen LogP contribution < -0.4 is 10.1 Å². The third kappa shape index (κ3) is 3.42. The molecule has 0 bridgehead atoms. The van der Waals surface area contributed by atoms with Crippen LogP contribution in [0.15, 0.2) is 36.7 Å². The van der Waals surface area contributed by atoms with Gasteiger partial charge in [0.1, 0.15) is 0 Å². The summed E-state index contributed by atoms with van der Waals surface area (Å²) in [6.45, 7) is 0.417. The van der Waals surface area contributed by atoms with Crippen LogP contribution in [0.1, 0.15) is 41.0 Å². The summed E-state index contributed by atoms with van der Waals surface area (Å²) >= 11 is 0. The second-order valence-corrected chi connectivity index (χ2v) is 6.73. The zero-order chi connectivity index (χ0) is 18.8. The van der Waals surface area contributed by atoms with E-state index in [-0.39, 0.29) is 6.61 Å². The SMILES string of the molecule is COc1ccc(CNc2c(CO)cnc3c(C4CC4)cc(C#N)cc23)cn1. The van der Waals surface area contributed by atoms with E-state index in [1.54, 1.807) is 19.5 Å². The fourth-order valence-electron chi connectivity index (χ4n) is 3.30. The predicted molar refractivity (Wildman–Crippen MR) is 102 cm³/mol. The zero-order valence-corrected chi connectivity index (χ0v) is 15.1. The van der Waals surface area contributed by atoms with E-state index in [1.807, 2.05) is 24.3 Å². The van der Waals surface area contributed by atoms with Crippen LogP contribution in [0.5, 0.6) is 5.88 Å². The van der Waals surface area contributed by atoms with E-state index in [0.717, 1.165) is 40.6 Å². The van der Waals surface area contributed by atoms with Crippen molar-refractivity contribution in [3.63, 3.8) is 0 Å². The van der Waals surface area contributed by atoms with Crippen LogP contribution in [-0.2, 0) is 13.2 Å². The van der Waals surface area contributed by atoms with Gasteiger partial charge in [0, 0.05) is 36.0 Å². The molecule has 0 radical (unpaired) electrons. The Bertz CT molecular complexity index is 1020. The minimum absolute atomic E-state index is 0.123. The predicted octanol–water partition coefficient (Wildman–Crippen LogP) is 3.49. The molecule has 1 aliphatic carbocycles. The minimum Gasteiger partial charge on any atom is -0.481 e. The molecular weight excluding hydrogens is 340 g/mol. The lowest BCUT2D eigenvalue weighted by atomic mass is 9.99. The highest BCUT2D eigenvalue weighted by molar-refractivity contribution is 5.96. The number of nitriles is 1. The van der Waals surface area contributed by atoms with Gasteiger partial charge in [-0.1, -0.05) is 6.07 Å². The molecule has 0 atom stereocenters. The fraction of sp³-hybridized carbons (Fsp3) is 0.286. The van der Waals surface area contributed by atoms with Crippen molar-refractivity contribution in [2.24, 2.45) is 0 Å². The Labute approximate surface area is 157 Å². The molecule has 6 heteroatoms. The molecule has 0 unspecified atom stereocenters. The van der Waals surface area contributed by atoms with E-state index in [9.17, 15) is 10.4 Å². The van der Waals surface area contributed by atoms with Gasteiger partial charge in [0.2, 0.25) is 5.88 Å². The number of nitrogens with zero attached hydrogens (tertiary/aromatic N) is 3. The summed E-state index contributed by atoms with van der Waals surface area (Å²) in [6.07, 6.45) is 5.74. The molecule has 4 rings (SSSR count). The number of methoxy groups -OCH3 is 1. The highest BCUT2D eigenvalue weighted by Crippen LogP contribution is 2.44. The van der Waals surface area contributed by atoms with E-state index in [1.165, 1.54) is 0 Å². The van der Waals surface area contributed by atoms with Crippen LogP contribution in [0.4, 0.5) is 5.69 Å². The van der Waals surface area contributed by atoms with Crippen molar-refractivity contribution in [3.8, 4) is 11.9 Å². The van der Waals surface area contributed by atoms with Crippen LogP contribution >= 0.6 is 0 Å². The second-order valence-electron chi connectivity index (χ2n) is 6.73. The number of rotatable bonds is 6. The van der Waals surface area contributed by atoms with E-state index in [2.05, 4.69) is 21.4 Å². The molecule has 2 heterocycles. The highest BCUT2D eigenvalue weighted by atomic mass is 16.5. The van der Waals surface area contributed by atoms with Crippen LogP contribution in [0, 0.1) is 11.3 Å². The Kier molecular flexibility index (Phi) is 4.61. The van der Waals surface area contributed by atoms with Crippen LogP contribution in [0.25, 0.3) is 10.9 Å². The summed E-state index contributed by atoms with van der Waals surface area (Å²) in [6, 6.07) is 9.80. The quantitative estimate of drug-likeness (QED) is 0.699. The van der Waals surface area contributed by atoms with Crippen molar-refractivity contribution in [1.82, 2.24) is 9.97 Å². The molecule has 1 aromatic carbocycles. The number of hydrogen-bond acceptors (Lipinski definition) is 6. The molecule has 0 aliphatic heterocycles. The molecule has 2 aromatic heterocycles. The first-order chi connectivity index (χ1) is 13.2. The Morgan fingerprint density at radius 2 is 2.11 bits per heavy atom. The Hall–Kier alpha value is -3.17. The summed E-state index contributed by atoms with van der Waals surface area (Å²) in [5.41, 5.74) is 5.17. The van der Waals surface area contributed by atoms with Crippen molar-refractivity contribution in [2.45, 2.75) is 31.9 Å². The normalized spacial score (nSPS) is 13.4. The number of hydrogen-bond donors (Lipinski definition) is 2. The lowest BCUT2D eigenvalue weighted by Crippen LogP contribution is -2.06. The molecular formula is C21H20N4O2. The summed E-state index contributed by atoms with van der Waals surface area (Å²) < 4.78 is 5.09. The number of fused-ring (bicyclic) bond motifs is 1. The molecule has 3 aromatic rings. The molecule has 6 nitrogen and oxygen atoms in total. The average Bonchev–Trinajstić information content (AvgIpc) is 3.56. The van der Waals surface area contributed by atoms with Gasteiger partial charge in [-0.3, -0.25) is 4.98 Å². The highest BCUT2D eigenvalue weighted by Gasteiger charge is 2.27. The number of pyridine rings is 2.